The van der Waals surface area contributed by atoms with Crippen LogP contribution in [0.2, 0.25) is 0 Å². The molecule has 2 aromatic rings. The predicted molar refractivity (Wildman–Crippen MR) is 87.9 cm³/mol. The summed E-state index contributed by atoms with van der Waals surface area (Å²) in [6, 6.07) is 22.3. The van der Waals surface area contributed by atoms with E-state index in [1.54, 1.807) is 0 Å². The van der Waals surface area contributed by atoms with E-state index in [2.05, 4.69) is 19.1 Å². The normalized spacial score (nSPS) is 20.8. The quantitative estimate of drug-likeness (QED) is 0.811. The van der Waals surface area contributed by atoms with Crippen LogP contribution in [0, 0.1) is 6.92 Å². The summed E-state index contributed by atoms with van der Waals surface area (Å²) in [5, 5.41) is 0. The molecule has 2 atom stereocenters. The van der Waals surface area contributed by atoms with Gasteiger partial charge in [-0.05, 0) is 6.92 Å². The van der Waals surface area contributed by atoms with Crippen molar-refractivity contribution in [2.45, 2.75) is 19.1 Å². The molecule has 2 saturated heterocycles. The first kappa shape index (κ1) is 16.7. The van der Waals surface area contributed by atoms with Gasteiger partial charge in [-0.15, -0.1) is 0 Å². The third kappa shape index (κ3) is 9.29. The summed E-state index contributed by atoms with van der Waals surface area (Å²) in [7, 11) is 0. The number of aryl methyl sites for hydroxylation is 1. The molecule has 0 radical (unpaired) electrons. The maximum Gasteiger partial charge on any atom is 0.104 e. The molecule has 0 spiro atoms. The van der Waals surface area contributed by atoms with E-state index in [9.17, 15) is 0 Å². The highest BCUT2D eigenvalue weighted by Crippen LogP contribution is 2.12. The second kappa shape index (κ2) is 10.1. The minimum atomic E-state index is 0.392. The molecule has 2 heterocycles. The third-order valence-corrected chi connectivity index (χ3v) is 3.02. The van der Waals surface area contributed by atoms with Crippen LogP contribution in [0.1, 0.15) is 5.56 Å². The van der Waals surface area contributed by atoms with Gasteiger partial charge in [0.2, 0.25) is 0 Å². The molecule has 2 aliphatic rings. The van der Waals surface area contributed by atoms with Crippen LogP contribution in [0.4, 0.5) is 0 Å². The van der Waals surface area contributed by atoms with E-state index in [0.717, 1.165) is 26.4 Å². The highest BCUT2D eigenvalue weighted by Gasteiger charge is 2.26. The van der Waals surface area contributed by atoms with Crippen molar-refractivity contribution in [1.29, 1.82) is 0 Å². The van der Waals surface area contributed by atoms with Crippen molar-refractivity contribution in [3.8, 4) is 0 Å². The molecule has 0 saturated carbocycles. The Morgan fingerprint density at radius 2 is 1.14 bits per heavy atom. The summed E-state index contributed by atoms with van der Waals surface area (Å²) in [6.07, 6.45) is 0.785. The summed E-state index contributed by atoms with van der Waals surface area (Å²) in [6.45, 7) is 5.34. The molecule has 3 nitrogen and oxygen atoms in total. The monoisotopic (exact) mass is 300 g/mol. The lowest BCUT2D eigenvalue weighted by Crippen LogP contribution is -2.06. The van der Waals surface area contributed by atoms with E-state index >= 15 is 0 Å². The first-order chi connectivity index (χ1) is 10.8. The molecule has 0 aromatic heterocycles. The molecule has 2 fully saturated rings. The summed E-state index contributed by atoms with van der Waals surface area (Å²) in [5.41, 5.74) is 1.32. The third-order valence-electron chi connectivity index (χ3n) is 3.02. The van der Waals surface area contributed by atoms with E-state index in [4.69, 9.17) is 14.2 Å². The van der Waals surface area contributed by atoms with E-state index in [1.807, 2.05) is 54.6 Å². The van der Waals surface area contributed by atoms with Gasteiger partial charge in [0.15, 0.2) is 0 Å². The minimum Gasteiger partial charge on any atom is -0.376 e. The SMILES string of the molecule is C(OCC1CO1)C1CO1.Cc1ccccc1.c1ccccc1. The average molecular weight is 300 g/mol. The van der Waals surface area contributed by atoms with Crippen LogP contribution in [0.25, 0.3) is 0 Å². The van der Waals surface area contributed by atoms with Gasteiger partial charge in [0.1, 0.15) is 12.2 Å². The topological polar surface area (TPSA) is 34.3 Å². The molecule has 2 aliphatic heterocycles. The molecular formula is C19H24O3. The molecule has 0 bridgehead atoms. The van der Waals surface area contributed by atoms with Crippen molar-refractivity contribution >= 4 is 0 Å². The fourth-order valence-corrected chi connectivity index (χ4v) is 1.58. The van der Waals surface area contributed by atoms with Gasteiger partial charge in [0.25, 0.3) is 0 Å². The summed E-state index contributed by atoms with van der Waals surface area (Å²) >= 11 is 0. The largest absolute Gasteiger partial charge is 0.376 e. The van der Waals surface area contributed by atoms with Gasteiger partial charge in [-0.3, -0.25) is 0 Å². The van der Waals surface area contributed by atoms with Crippen LogP contribution < -0.4 is 0 Å². The Morgan fingerprint density at radius 1 is 0.773 bits per heavy atom. The number of hydrogen-bond donors (Lipinski definition) is 0. The predicted octanol–water partition coefficient (Wildman–Crippen LogP) is 3.48. The lowest BCUT2D eigenvalue weighted by Gasteiger charge is -1.95. The van der Waals surface area contributed by atoms with Crippen LogP contribution in [-0.2, 0) is 14.2 Å². The van der Waals surface area contributed by atoms with Crippen molar-refractivity contribution in [3.05, 3.63) is 72.3 Å². The molecule has 118 valence electrons. The van der Waals surface area contributed by atoms with Crippen molar-refractivity contribution < 1.29 is 14.2 Å². The standard InChI is InChI=1S/C7H8.C6H10O3.C6H6/c1-7-5-3-2-4-6-7;1(5-3-8-5)7-2-6-4-9-6;1-2-4-6-5-3-1/h2-6H,1H3;5-6H,1-4H2;1-6H. The van der Waals surface area contributed by atoms with E-state index in [-0.39, 0.29) is 0 Å². The lowest BCUT2D eigenvalue weighted by molar-refractivity contribution is 0.102. The zero-order valence-electron chi connectivity index (χ0n) is 13.1. The Labute approximate surface area is 132 Å². The maximum absolute atomic E-state index is 5.23. The highest BCUT2D eigenvalue weighted by molar-refractivity contribution is 5.11. The second-order valence-corrected chi connectivity index (χ2v) is 5.26. The van der Waals surface area contributed by atoms with Gasteiger partial charge in [0.05, 0.1) is 26.4 Å². The number of benzene rings is 2. The Hall–Kier alpha value is -1.68. The van der Waals surface area contributed by atoms with E-state index < -0.39 is 0 Å². The van der Waals surface area contributed by atoms with Crippen molar-refractivity contribution in [3.63, 3.8) is 0 Å². The maximum atomic E-state index is 5.23. The zero-order valence-corrected chi connectivity index (χ0v) is 13.1. The fourth-order valence-electron chi connectivity index (χ4n) is 1.58. The molecular weight excluding hydrogens is 276 g/mol. The lowest BCUT2D eigenvalue weighted by atomic mass is 10.2. The van der Waals surface area contributed by atoms with E-state index in [0.29, 0.717) is 12.2 Å². The second-order valence-electron chi connectivity index (χ2n) is 5.26. The van der Waals surface area contributed by atoms with Crippen LogP contribution in [-0.4, -0.2) is 38.6 Å². The van der Waals surface area contributed by atoms with Crippen LogP contribution in [0.3, 0.4) is 0 Å². The molecule has 0 amide bonds. The Balaban J connectivity index is 0.000000124. The van der Waals surface area contributed by atoms with Gasteiger partial charge in [-0.2, -0.15) is 0 Å². The summed E-state index contributed by atoms with van der Waals surface area (Å²) in [4.78, 5) is 0. The Kier molecular flexibility index (Phi) is 7.67. The van der Waals surface area contributed by atoms with Crippen LogP contribution >= 0.6 is 0 Å². The van der Waals surface area contributed by atoms with Gasteiger partial charge in [-0.1, -0.05) is 72.3 Å². The average Bonchev–Trinajstić information content (AvgIpc) is 3.47. The van der Waals surface area contributed by atoms with E-state index in [1.165, 1.54) is 5.56 Å². The van der Waals surface area contributed by atoms with Gasteiger partial charge >= 0.3 is 0 Å². The Morgan fingerprint density at radius 3 is 1.41 bits per heavy atom. The number of epoxide rings is 2. The van der Waals surface area contributed by atoms with Crippen molar-refractivity contribution in [1.82, 2.24) is 0 Å². The number of ether oxygens (including phenoxy) is 3. The summed E-state index contributed by atoms with van der Waals surface area (Å²) in [5.74, 6) is 0. The molecule has 2 unspecified atom stereocenters. The molecule has 0 N–H and O–H groups in total. The van der Waals surface area contributed by atoms with Gasteiger partial charge in [-0.25, -0.2) is 0 Å². The first-order valence-electron chi connectivity index (χ1n) is 7.67. The molecule has 3 heteroatoms. The molecule has 4 rings (SSSR count). The number of rotatable bonds is 4. The first-order valence-corrected chi connectivity index (χ1v) is 7.67. The molecule has 0 aliphatic carbocycles. The van der Waals surface area contributed by atoms with Crippen LogP contribution in [0.5, 0.6) is 0 Å². The Bertz CT molecular complexity index is 440. The van der Waals surface area contributed by atoms with Gasteiger partial charge < -0.3 is 14.2 Å². The zero-order chi connectivity index (χ0) is 15.5. The van der Waals surface area contributed by atoms with Crippen molar-refractivity contribution in [2.75, 3.05) is 26.4 Å². The van der Waals surface area contributed by atoms with Gasteiger partial charge in [0, 0.05) is 0 Å². The molecule has 2 aromatic carbocycles. The smallest absolute Gasteiger partial charge is 0.104 e. The minimum absolute atomic E-state index is 0.392. The molecule has 22 heavy (non-hydrogen) atoms. The highest BCUT2D eigenvalue weighted by atomic mass is 16.6. The fraction of sp³-hybridized carbons (Fsp3) is 0.368. The van der Waals surface area contributed by atoms with Crippen molar-refractivity contribution in [2.24, 2.45) is 0 Å². The number of hydrogen-bond acceptors (Lipinski definition) is 3. The van der Waals surface area contributed by atoms with Crippen LogP contribution in [0.15, 0.2) is 66.7 Å². The summed E-state index contributed by atoms with van der Waals surface area (Å²) < 4.78 is 15.1.